The van der Waals surface area contributed by atoms with Gasteiger partial charge >= 0.3 is 0 Å². The summed E-state index contributed by atoms with van der Waals surface area (Å²) in [6, 6.07) is 16.8. The van der Waals surface area contributed by atoms with E-state index in [1.54, 1.807) is 24.3 Å². The molecule has 1 saturated heterocycles. The van der Waals surface area contributed by atoms with Gasteiger partial charge < -0.3 is 10.2 Å². The Morgan fingerprint density at radius 1 is 1.18 bits per heavy atom. The van der Waals surface area contributed by atoms with Crippen molar-refractivity contribution in [2.45, 2.75) is 18.9 Å². The second-order valence-corrected chi connectivity index (χ2v) is 7.36. The zero-order chi connectivity index (χ0) is 19.5. The molecule has 1 aliphatic heterocycles. The summed E-state index contributed by atoms with van der Waals surface area (Å²) in [4.78, 5) is 19.3. The Morgan fingerprint density at radius 3 is 2.79 bits per heavy atom. The molecule has 3 aromatic rings. The van der Waals surface area contributed by atoms with Crippen molar-refractivity contribution >= 4 is 34.1 Å². The largest absolute Gasteiger partial charge is 0.356 e. The number of fused-ring (bicyclic) bond motifs is 1. The zero-order valence-corrected chi connectivity index (χ0v) is 16.0. The Kier molecular flexibility index (Phi) is 5.14. The fraction of sp³-hybridized carbons (Fsp3) is 0.227. The number of aromatic nitrogens is 1. The van der Waals surface area contributed by atoms with Gasteiger partial charge in [-0.3, -0.25) is 4.79 Å². The van der Waals surface area contributed by atoms with Crippen LogP contribution in [0.3, 0.4) is 0 Å². The lowest BCUT2D eigenvalue weighted by Crippen LogP contribution is -2.45. The van der Waals surface area contributed by atoms with Crippen molar-refractivity contribution in [2.75, 3.05) is 18.0 Å². The number of nitrogens with one attached hydrogen (secondary N) is 1. The molecule has 0 spiro atoms. The quantitative estimate of drug-likeness (QED) is 0.729. The smallest absolute Gasteiger partial charge is 0.251 e. The molecule has 140 valence electrons. The number of rotatable bonds is 3. The molecule has 1 N–H and O–H groups in total. The third kappa shape index (κ3) is 3.78. The fourth-order valence-electron chi connectivity index (χ4n) is 3.62. The Hall–Kier alpha value is -3.10. The number of carbonyl (C=O) groups excluding carboxylic acids is 1. The molecule has 0 radical (unpaired) electrons. The number of pyridine rings is 1. The van der Waals surface area contributed by atoms with Crippen LogP contribution in [0, 0.1) is 11.3 Å². The Balaban J connectivity index is 1.42. The van der Waals surface area contributed by atoms with Crippen molar-refractivity contribution in [3.05, 3.63) is 70.9 Å². The van der Waals surface area contributed by atoms with Gasteiger partial charge in [-0.05, 0) is 60.7 Å². The van der Waals surface area contributed by atoms with Gasteiger partial charge in [0, 0.05) is 41.3 Å². The lowest BCUT2D eigenvalue weighted by molar-refractivity contribution is 0.0931. The molecule has 0 saturated carbocycles. The molecule has 1 amide bonds. The summed E-state index contributed by atoms with van der Waals surface area (Å²) in [5.74, 6) is 0.828. The maximum Gasteiger partial charge on any atom is 0.251 e. The Morgan fingerprint density at radius 2 is 2.00 bits per heavy atom. The van der Waals surface area contributed by atoms with Crippen LogP contribution in [0.5, 0.6) is 0 Å². The third-order valence-electron chi connectivity index (χ3n) is 5.09. The number of nitrogens with zero attached hydrogens (tertiary/aromatic N) is 3. The topological polar surface area (TPSA) is 69.0 Å². The Bertz CT molecular complexity index is 1070. The highest BCUT2D eigenvalue weighted by atomic mass is 35.5. The molecule has 0 unspecified atom stereocenters. The average molecular weight is 391 g/mol. The van der Waals surface area contributed by atoms with Gasteiger partial charge in [-0.25, -0.2) is 4.98 Å². The van der Waals surface area contributed by atoms with E-state index in [9.17, 15) is 4.79 Å². The minimum atomic E-state index is -0.131. The van der Waals surface area contributed by atoms with Gasteiger partial charge in [0.15, 0.2) is 0 Å². The van der Waals surface area contributed by atoms with Crippen LogP contribution in [0.1, 0.15) is 28.8 Å². The van der Waals surface area contributed by atoms with Crippen molar-refractivity contribution in [2.24, 2.45) is 0 Å². The molecule has 5 nitrogen and oxygen atoms in total. The molecule has 28 heavy (non-hydrogen) atoms. The molecule has 1 fully saturated rings. The summed E-state index contributed by atoms with van der Waals surface area (Å²) in [6.45, 7) is 1.63. The lowest BCUT2D eigenvalue weighted by atomic mass is 10.0. The van der Waals surface area contributed by atoms with E-state index in [0.29, 0.717) is 16.1 Å². The van der Waals surface area contributed by atoms with Crippen molar-refractivity contribution in [1.82, 2.24) is 10.3 Å². The molecule has 0 bridgehead atoms. The molecular formula is C22H19ClN4O. The molecule has 2 heterocycles. The van der Waals surface area contributed by atoms with Crippen molar-refractivity contribution in [3.63, 3.8) is 0 Å². The van der Waals surface area contributed by atoms with E-state index in [0.717, 1.165) is 42.5 Å². The molecule has 0 atom stereocenters. The first kappa shape index (κ1) is 18.3. The van der Waals surface area contributed by atoms with E-state index < -0.39 is 0 Å². The molecule has 6 heteroatoms. The zero-order valence-electron chi connectivity index (χ0n) is 15.2. The maximum absolute atomic E-state index is 12.5. The van der Waals surface area contributed by atoms with Crippen molar-refractivity contribution < 1.29 is 4.79 Å². The summed E-state index contributed by atoms with van der Waals surface area (Å²) in [7, 11) is 0. The van der Waals surface area contributed by atoms with Gasteiger partial charge in [0.25, 0.3) is 5.91 Å². The minimum absolute atomic E-state index is 0.110. The number of hydrogen-bond donors (Lipinski definition) is 1. The van der Waals surface area contributed by atoms with Crippen LogP contribution in [0.25, 0.3) is 10.8 Å². The van der Waals surface area contributed by atoms with Gasteiger partial charge in [-0.2, -0.15) is 5.26 Å². The highest BCUT2D eigenvalue weighted by Gasteiger charge is 2.23. The number of nitriles is 1. The molecule has 2 aromatic carbocycles. The van der Waals surface area contributed by atoms with Crippen LogP contribution in [0.4, 0.5) is 5.82 Å². The van der Waals surface area contributed by atoms with Crippen molar-refractivity contribution in [1.29, 1.82) is 5.26 Å². The van der Waals surface area contributed by atoms with E-state index >= 15 is 0 Å². The average Bonchev–Trinajstić information content (AvgIpc) is 2.73. The molecule has 1 aliphatic rings. The van der Waals surface area contributed by atoms with Crippen LogP contribution in [-0.4, -0.2) is 30.0 Å². The normalized spacial score (nSPS) is 14.6. The van der Waals surface area contributed by atoms with Gasteiger partial charge in [-0.1, -0.05) is 17.7 Å². The van der Waals surface area contributed by atoms with Crippen LogP contribution < -0.4 is 10.2 Å². The lowest BCUT2D eigenvalue weighted by Gasteiger charge is -2.33. The standard InChI is InChI=1S/C22H19ClN4O/c23-18-4-5-20-16(13-18)6-9-25-21(20)27-10-7-19(8-11-27)26-22(28)17-3-1-2-15(12-17)14-24/h1-6,9,12-13,19H,7-8,10-11H2,(H,26,28). The van der Waals surface area contributed by atoms with E-state index in [2.05, 4.69) is 21.3 Å². The first-order valence-corrected chi connectivity index (χ1v) is 9.62. The number of piperidine rings is 1. The summed E-state index contributed by atoms with van der Waals surface area (Å²) < 4.78 is 0. The van der Waals surface area contributed by atoms with Crippen LogP contribution in [-0.2, 0) is 0 Å². The highest BCUT2D eigenvalue weighted by Crippen LogP contribution is 2.28. The Labute approximate surface area is 168 Å². The van der Waals surface area contributed by atoms with Gasteiger partial charge in [0.05, 0.1) is 11.6 Å². The maximum atomic E-state index is 12.5. The van der Waals surface area contributed by atoms with Crippen molar-refractivity contribution in [3.8, 4) is 6.07 Å². The second kappa shape index (κ2) is 7.87. The van der Waals surface area contributed by atoms with Gasteiger partial charge in [-0.15, -0.1) is 0 Å². The summed E-state index contributed by atoms with van der Waals surface area (Å²) in [5, 5.41) is 15.0. The van der Waals surface area contributed by atoms with E-state index in [1.165, 1.54) is 0 Å². The van der Waals surface area contributed by atoms with Crippen LogP contribution in [0.2, 0.25) is 5.02 Å². The van der Waals surface area contributed by atoms with Gasteiger partial charge in [0.1, 0.15) is 5.82 Å². The predicted octanol–water partition coefficient (Wildman–Crippen LogP) is 4.16. The van der Waals surface area contributed by atoms with E-state index in [1.807, 2.05) is 30.5 Å². The monoisotopic (exact) mass is 390 g/mol. The highest BCUT2D eigenvalue weighted by molar-refractivity contribution is 6.31. The number of halogens is 1. The molecule has 0 aliphatic carbocycles. The number of anilines is 1. The summed E-state index contributed by atoms with van der Waals surface area (Å²) in [5.41, 5.74) is 1.01. The van der Waals surface area contributed by atoms with E-state index in [4.69, 9.17) is 16.9 Å². The number of amides is 1. The number of hydrogen-bond acceptors (Lipinski definition) is 4. The van der Waals surface area contributed by atoms with Crippen LogP contribution >= 0.6 is 11.6 Å². The number of benzene rings is 2. The molecular weight excluding hydrogens is 372 g/mol. The first-order chi connectivity index (χ1) is 13.6. The van der Waals surface area contributed by atoms with E-state index in [-0.39, 0.29) is 11.9 Å². The first-order valence-electron chi connectivity index (χ1n) is 9.24. The van der Waals surface area contributed by atoms with Gasteiger partial charge in [0.2, 0.25) is 0 Å². The predicted molar refractivity (Wildman–Crippen MR) is 111 cm³/mol. The number of carbonyl (C=O) groups is 1. The minimum Gasteiger partial charge on any atom is -0.356 e. The molecule has 1 aromatic heterocycles. The molecule has 4 rings (SSSR count). The van der Waals surface area contributed by atoms with Crippen LogP contribution in [0.15, 0.2) is 54.7 Å². The third-order valence-corrected chi connectivity index (χ3v) is 5.32. The summed E-state index contributed by atoms with van der Waals surface area (Å²) >= 11 is 6.10. The fourth-order valence-corrected chi connectivity index (χ4v) is 3.80. The second-order valence-electron chi connectivity index (χ2n) is 6.93. The SMILES string of the molecule is N#Cc1cccc(C(=O)NC2CCN(c3nccc4cc(Cl)ccc34)CC2)c1. The summed E-state index contributed by atoms with van der Waals surface area (Å²) in [6.07, 6.45) is 3.49.